The lowest BCUT2D eigenvalue weighted by Gasteiger charge is -2.22. The van der Waals surface area contributed by atoms with E-state index in [0.29, 0.717) is 21.0 Å². The molecule has 2 aromatic heterocycles. The summed E-state index contributed by atoms with van der Waals surface area (Å²) in [4.78, 5) is 17.1. The minimum atomic E-state index is -4.51. The van der Waals surface area contributed by atoms with E-state index in [2.05, 4.69) is 4.98 Å². The number of rotatable bonds is 6. The topological polar surface area (TPSA) is 59.5 Å². The molecule has 0 aliphatic carbocycles. The first kappa shape index (κ1) is 18.7. The second kappa shape index (κ2) is 7.63. The Morgan fingerprint density at radius 3 is 2.81 bits per heavy atom. The molecule has 0 N–H and O–H groups in total. The highest BCUT2D eigenvalue weighted by molar-refractivity contribution is 7.99. The second-order valence-electron chi connectivity index (χ2n) is 5.32. The molecule has 26 heavy (non-hydrogen) atoms. The predicted octanol–water partition coefficient (Wildman–Crippen LogP) is 4.76. The van der Waals surface area contributed by atoms with E-state index in [1.807, 2.05) is 0 Å². The van der Waals surface area contributed by atoms with Gasteiger partial charge >= 0.3 is 6.18 Å². The summed E-state index contributed by atoms with van der Waals surface area (Å²) in [5.41, 5.74) is 0.988. The molecule has 0 spiro atoms. The number of benzene rings is 1. The van der Waals surface area contributed by atoms with Crippen LogP contribution in [0.5, 0.6) is 0 Å². The second-order valence-corrected chi connectivity index (χ2v) is 6.69. The molecule has 0 fully saturated rings. The van der Waals surface area contributed by atoms with Gasteiger partial charge in [-0.3, -0.25) is 4.79 Å². The molecule has 2 heterocycles. The van der Waals surface area contributed by atoms with Crippen molar-refractivity contribution in [2.45, 2.75) is 17.9 Å². The SMILES string of the molecule is O=C(CSc1nc2cc(Cl)ccc2o1)N(Cc1ccco1)CC(F)(F)F. The van der Waals surface area contributed by atoms with Crippen molar-refractivity contribution in [1.82, 2.24) is 9.88 Å². The average Bonchev–Trinajstić information content (AvgIpc) is 3.19. The van der Waals surface area contributed by atoms with E-state index >= 15 is 0 Å². The van der Waals surface area contributed by atoms with Crippen LogP contribution >= 0.6 is 23.4 Å². The van der Waals surface area contributed by atoms with Gasteiger partial charge in [0.1, 0.15) is 17.8 Å². The van der Waals surface area contributed by atoms with Gasteiger partial charge in [-0.05, 0) is 30.3 Å². The number of carbonyl (C=O) groups is 1. The van der Waals surface area contributed by atoms with Gasteiger partial charge in [0.2, 0.25) is 5.91 Å². The Morgan fingerprint density at radius 1 is 1.31 bits per heavy atom. The third-order valence-corrected chi connectivity index (χ3v) is 4.35. The largest absolute Gasteiger partial charge is 0.467 e. The number of halogens is 4. The van der Waals surface area contributed by atoms with E-state index in [4.69, 9.17) is 20.4 Å². The van der Waals surface area contributed by atoms with Crippen molar-refractivity contribution in [2.24, 2.45) is 0 Å². The molecule has 3 rings (SSSR count). The van der Waals surface area contributed by atoms with E-state index in [9.17, 15) is 18.0 Å². The predicted molar refractivity (Wildman–Crippen MR) is 89.9 cm³/mol. The first-order chi connectivity index (χ1) is 12.3. The Kier molecular flexibility index (Phi) is 5.47. The molecular weight excluding hydrogens is 393 g/mol. The van der Waals surface area contributed by atoms with Gasteiger partial charge in [0.25, 0.3) is 5.22 Å². The van der Waals surface area contributed by atoms with Gasteiger partial charge in [-0.25, -0.2) is 4.98 Å². The van der Waals surface area contributed by atoms with Crippen LogP contribution < -0.4 is 0 Å². The van der Waals surface area contributed by atoms with Crippen molar-refractivity contribution in [3.63, 3.8) is 0 Å². The van der Waals surface area contributed by atoms with Crippen LogP contribution in [0, 0.1) is 0 Å². The fourth-order valence-corrected chi connectivity index (χ4v) is 3.10. The molecule has 1 amide bonds. The number of thioether (sulfide) groups is 1. The molecule has 138 valence electrons. The van der Waals surface area contributed by atoms with Crippen molar-refractivity contribution in [3.8, 4) is 0 Å². The maximum atomic E-state index is 12.8. The van der Waals surface area contributed by atoms with Gasteiger partial charge in [0, 0.05) is 5.02 Å². The zero-order valence-corrected chi connectivity index (χ0v) is 14.7. The number of amides is 1. The molecule has 0 atom stereocenters. The van der Waals surface area contributed by atoms with Gasteiger partial charge in [-0.1, -0.05) is 23.4 Å². The molecule has 3 aromatic rings. The number of fused-ring (bicyclic) bond motifs is 1. The van der Waals surface area contributed by atoms with Gasteiger partial charge < -0.3 is 13.7 Å². The Labute approximate surface area is 155 Å². The van der Waals surface area contributed by atoms with Crippen molar-refractivity contribution < 1.29 is 26.8 Å². The van der Waals surface area contributed by atoms with E-state index in [-0.39, 0.29) is 23.3 Å². The number of oxazole rings is 1. The molecule has 0 unspecified atom stereocenters. The minimum Gasteiger partial charge on any atom is -0.467 e. The Balaban J connectivity index is 1.67. The fraction of sp³-hybridized carbons (Fsp3) is 0.250. The summed E-state index contributed by atoms with van der Waals surface area (Å²) in [6, 6.07) is 7.91. The number of furan rings is 1. The summed E-state index contributed by atoms with van der Waals surface area (Å²) >= 11 is 6.78. The smallest absolute Gasteiger partial charge is 0.406 e. The maximum Gasteiger partial charge on any atom is 0.406 e. The van der Waals surface area contributed by atoms with Crippen LogP contribution in [0.3, 0.4) is 0 Å². The lowest BCUT2D eigenvalue weighted by atomic mass is 10.3. The van der Waals surface area contributed by atoms with Gasteiger partial charge in [-0.2, -0.15) is 13.2 Å². The molecule has 0 saturated carbocycles. The lowest BCUT2D eigenvalue weighted by Crippen LogP contribution is -2.39. The van der Waals surface area contributed by atoms with Gasteiger partial charge in [-0.15, -0.1) is 0 Å². The van der Waals surface area contributed by atoms with Crippen LogP contribution in [-0.2, 0) is 11.3 Å². The Hall–Kier alpha value is -2.13. The first-order valence-corrected chi connectivity index (χ1v) is 8.72. The van der Waals surface area contributed by atoms with Crippen LogP contribution in [0.4, 0.5) is 13.2 Å². The summed E-state index contributed by atoms with van der Waals surface area (Å²) in [5.74, 6) is -0.690. The minimum absolute atomic E-state index is 0.181. The highest BCUT2D eigenvalue weighted by Gasteiger charge is 2.33. The summed E-state index contributed by atoms with van der Waals surface area (Å²) in [6.45, 7) is -1.63. The molecule has 0 aliphatic heterocycles. The fourth-order valence-electron chi connectivity index (χ4n) is 2.20. The van der Waals surface area contributed by atoms with Gasteiger partial charge in [0.15, 0.2) is 5.58 Å². The number of nitrogens with zero attached hydrogens (tertiary/aromatic N) is 2. The van der Waals surface area contributed by atoms with Gasteiger partial charge in [0.05, 0.1) is 18.6 Å². The third kappa shape index (κ3) is 4.95. The van der Waals surface area contributed by atoms with Crippen molar-refractivity contribution in [3.05, 3.63) is 47.4 Å². The number of carbonyl (C=O) groups excluding carboxylic acids is 1. The summed E-state index contributed by atoms with van der Waals surface area (Å²) in [5, 5.41) is 0.661. The molecule has 1 aromatic carbocycles. The molecule has 0 aliphatic rings. The first-order valence-electron chi connectivity index (χ1n) is 7.36. The molecule has 0 saturated heterocycles. The van der Waals surface area contributed by atoms with Crippen molar-refractivity contribution in [1.29, 1.82) is 0 Å². The molecule has 5 nitrogen and oxygen atoms in total. The highest BCUT2D eigenvalue weighted by atomic mass is 35.5. The van der Waals surface area contributed by atoms with Crippen molar-refractivity contribution in [2.75, 3.05) is 12.3 Å². The Bertz CT molecular complexity index is 896. The van der Waals surface area contributed by atoms with Crippen molar-refractivity contribution >= 4 is 40.4 Å². The zero-order chi connectivity index (χ0) is 18.7. The number of aromatic nitrogens is 1. The summed E-state index contributed by atoms with van der Waals surface area (Å²) in [6.07, 6.45) is -3.18. The molecular formula is C16H12ClF3N2O3S. The van der Waals surface area contributed by atoms with Crippen LogP contribution in [0.2, 0.25) is 5.02 Å². The lowest BCUT2D eigenvalue weighted by molar-refractivity contribution is -0.161. The zero-order valence-electron chi connectivity index (χ0n) is 13.1. The quantitative estimate of drug-likeness (QED) is 0.554. The maximum absolute atomic E-state index is 12.8. The normalized spacial score (nSPS) is 11.8. The molecule has 10 heteroatoms. The van der Waals surface area contributed by atoms with E-state index in [1.165, 1.54) is 12.3 Å². The molecule has 0 bridgehead atoms. The third-order valence-electron chi connectivity index (χ3n) is 3.30. The number of alkyl halides is 3. The summed E-state index contributed by atoms with van der Waals surface area (Å²) in [7, 11) is 0. The number of hydrogen-bond acceptors (Lipinski definition) is 5. The Morgan fingerprint density at radius 2 is 2.12 bits per heavy atom. The summed E-state index contributed by atoms with van der Waals surface area (Å²) < 4.78 is 48.8. The standard InChI is InChI=1S/C16H12ClF3N2O3S/c17-10-3-4-13-12(6-10)21-15(25-13)26-8-14(23)22(9-16(18,19)20)7-11-2-1-5-24-11/h1-6H,7-9H2. The molecule has 0 radical (unpaired) electrons. The van der Waals surface area contributed by atoms with Crippen LogP contribution in [0.25, 0.3) is 11.1 Å². The average molecular weight is 405 g/mol. The van der Waals surface area contributed by atoms with Crippen LogP contribution in [0.15, 0.2) is 50.7 Å². The van der Waals surface area contributed by atoms with E-state index in [0.717, 1.165) is 11.8 Å². The van der Waals surface area contributed by atoms with Crippen LogP contribution in [-0.4, -0.2) is 34.3 Å². The van der Waals surface area contributed by atoms with E-state index < -0.39 is 18.6 Å². The van der Waals surface area contributed by atoms with E-state index in [1.54, 1.807) is 24.3 Å². The monoisotopic (exact) mass is 404 g/mol. The highest BCUT2D eigenvalue weighted by Crippen LogP contribution is 2.26. The number of hydrogen-bond donors (Lipinski definition) is 0. The van der Waals surface area contributed by atoms with Crippen LogP contribution in [0.1, 0.15) is 5.76 Å².